The van der Waals surface area contributed by atoms with Crippen LogP contribution in [0.4, 0.5) is 0 Å². The first-order valence-electron chi connectivity index (χ1n) is 6.52. The van der Waals surface area contributed by atoms with E-state index in [0.29, 0.717) is 5.69 Å². The molecule has 0 radical (unpaired) electrons. The number of rotatable bonds is 3. The molecule has 0 fully saturated rings. The zero-order valence-electron chi connectivity index (χ0n) is 11.9. The lowest BCUT2D eigenvalue weighted by Crippen LogP contribution is -2.24. The second-order valence-corrected chi connectivity index (χ2v) is 5.40. The Kier molecular flexibility index (Phi) is 3.06. The van der Waals surface area contributed by atoms with E-state index in [4.69, 9.17) is 0 Å². The Bertz CT molecular complexity index is 641. The lowest BCUT2D eigenvalue weighted by molar-refractivity contribution is 0.0820. The van der Waals surface area contributed by atoms with Crippen molar-refractivity contribution in [3.05, 3.63) is 34.9 Å². The van der Waals surface area contributed by atoms with Crippen LogP contribution in [0.5, 0.6) is 0 Å². The van der Waals surface area contributed by atoms with Crippen molar-refractivity contribution < 1.29 is 4.79 Å². The van der Waals surface area contributed by atoms with Crippen molar-refractivity contribution in [1.29, 1.82) is 0 Å². The molecule has 0 bridgehead atoms. The minimum Gasteiger partial charge on any atom is -0.343 e. The van der Waals surface area contributed by atoms with Crippen molar-refractivity contribution in [2.24, 2.45) is 7.05 Å². The van der Waals surface area contributed by atoms with Crippen LogP contribution >= 0.6 is 0 Å². The van der Waals surface area contributed by atoms with Crippen molar-refractivity contribution in [2.75, 3.05) is 14.1 Å². The summed E-state index contributed by atoms with van der Waals surface area (Å²) in [5, 5.41) is 11.3. The largest absolute Gasteiger partial charge is 0.343 e. The van der Waals surface area contributed by atoms with E-state index >= 15 is 0 Å². The second-order valence-electron chi connectivity index (χ2n) is 5.40. The van der Waals surface area contributed by atoms with Gasteiger partial charge >= 0.3 is 0 Å². The summed E-state index contributed by atoms with van der Waals surface area (Å²) >= 11 is 0. The average Bonchev–Trinajstić information content (AvgIpc) is 3.04. The van der Waals surface area contributed by atoms with E-state index in [9.17, 15) is 4.79 Å². The maximum Gasteiger partial charge on any atom is 0.274 e. The minimum atomic E-state index is -0.0503. The van der Waals surface area contributed by atoms with E-state index in [1.807, 2.05) is 19.4 Å². The molecule has 1 N–H and O–H groups in total. The Morgan fingerprint density at radius 1 is 1.45 bits per heavy atom. The predicted molar refractivity (Wildman–Crippen MR) is 72.8 cm³/mol. The van der Waals surface area contributed by atoms with Gasteiger partial charge in [-0.1, -0.05) is 0 Å². The van der Waals surface area contributed by atoms with Crippen LogP contribution in [0, 0.1) is 0 Å². The normalized spacial score (nSPS) is 14.6. The zero-order valence-corrected chi connectivity index (χ0v) is 11.9. The van der Waals surface area contributed by atoms with Crippen LogP contribution in [0.3, 0.4) is 0 Å². The Balaban J connectivity index is 1.74. The van der Waals surface area contributed by atoms with E-state index in [1.54, 1.807) is 23.7 Å². The van der Waals surface area contributed by atoms with Crippen LogP contribution in [0.1, 0.15) is 27.3 Å². The quantitative estimate of drug-likeness (QED) is 0.877. The first kappa shape index (κ1) is 12.9. The van der Waals surface area contributed by atoms with E-state index in [1.165, 1.54) is 5.56 Å². The monoisotopic (exact) mass is 274 g/mol. The highest BCUT2D eigenvalue weighted by molar-refractivity contribution is 5.93. The molecule has 0 atom stereocenters. The van der Waals surface area contributed by atoms with Crippen LogP contribution < -0.4 is 0 Å². The number of aromatic nitrogens is 4. The highest BCUT2D eigenvalue weighted by Crippen LogP contribution is 2.25. The van der Waals surface area contributed by atoms with Crippen LogP contribution in [-0.2, 0) is 26.7 Å². The van der Waals surface area contributed by atoms with E-state index in [-0.39, 0.29) is 5.91 Å². The van der Waals surface area contributed by atoms with Crippen molar-refractivity contribution in [1.82, 2.24) is 29.8 Å². The number of nitrogens with one attached hydrogen (secondary N) is 1. The number of aryl methyl sites for hydroxylation is 1. The Labute approximate surface area is 117 Å². The first-order valence-corrected chi connectivity index (χ1v) is 6.52. The molecule has 3 rings (SSSR count). The van der Waals surface area contributed by atoms with Crippen LogP contribution in [0.2, 0.25) is 0 Å². The van der Waals surface area contributed by atoms with Gasteiger partial charge in [-0.05, 0) is 0 Å². The Morgan fingerprint density at radius 2 is 2.25 bits per heavy atom. The summed E-state index contributed by atoms with van der Waals surface area (Å²) in [6.45, 7) is 2.36. The number of amides is 1. The number of hydrogen-bond donors (Lipinski definition) is 1. The third-order valence-corrected chi connectivity index (χ3v) is 3.49. The van der Waals surface area contributed by atoms with Crippen molar-refractivity contribution >= 4 is 5.91 Å². The van der Waals surface area contributed by atoms with Gasteiger partial charge in [-0.25, -0.2) is 0 Å². The van der Waals surface area contributed by atoms with Gasteiger partial charge in [0, 0.05) is 58.1 Å². The van der Waals surface area contributed by atoms with Gasteiger partial charge < -0.3 is 4.90 Å². The molecule has 3 heterocycles. The fraction of sp³-hybridized carbons (Fsp3) is 0.462. The molecule has 0 spiro atoms. The van der Waals surface area contributed by atoms with Crippen molar-refractivity contribution in [2.45, 2.75) is 19.6 Å². The van der Waals surface area contributed by atoms with Crippen molar-refractivity contribution in [3.63, 3.8) is 0 Å². The van der Waals surface area contributed by atoms with Gasteiger partial charge in [0.25, 0.3) is 5.91 Å². The lowest BCUT2D eigenvalue weighted by Gasteiger charge is -2.14. The maximum atomic E-state index is 12.0. The smallest absolute Gasteiger partial charge is 0.274 e. The van der Waals surface area contributed by atoms with Crippen LogP contribution in [-0.4, -0.2) is 49.8 Å². The van der Waals surface area contributed by atoms with E-state index in [2.05, 4.69) is 20.2 Å². The maximum absolute atomic E-state index is 12.0. The molecular formula is C13H18N6O. The van der Waals surface area contributed by atoms with Crippen molar-refractivity contribution in [3.8, 4) is 0 Å². The summed E-state index contributed by atoms with van der Waals surface area (Å²) in [5.74, 6) is -0.0503. The molecule has 1 amide bonds. The number of hydrogen-bond acceptors (Lipinski definition) is 4. The number of H-pyrrole nitrogens is 1. The number of aromatic amines is 1. The predicted octanol–water partition coefficient (Wildman–Crippen LogP) is 0.361. The Hall–Kier alpha value is -2.15. The molecule has 106 valence electrons. The number of nitrogens with zero attached hydrogens (tertiary/aromatic N) is 5. The highest BCUT2D eigenvalue weighted by atomic mass is 16.2. The van der Waals surface area contributed by atoms with Gasteiger partial charge in [-0.15, -0.1) is 0 Å². The molecule has 20 heavy (non-hydrogen) atoms. The number of carbonyl (C=O) groups is 1. The molecule has 0 saturated heterocycles. The molecule has 0 saturated carbocycles. The lowest BCUT2D eigenvalue weighted by atomic mass is 10.2. The third kappa shape index (κ3) is 2.20. The fourth-order valence-electron chi connectivity index (χ4n) is 2.52. The molecule has 7 nitrogen and oxygen atoms in total. The molecule has 2 aromatic rings. The van der Waals surface area contributed by atoms with E-state index in [0.717, 1.165) is 30.9 Å². The number of fused-ring (bicyclic) bond motifs is 1. The molecular weight excluding hydrogens is 256 g/mol. The fourth-order valence-corrected chi connectivity index (χ4v) is 2.52. The minimum absolute atomic E-state index is 0.0503. The van der Waals surface area contributed by atoms with Gasteiger partial charge in [0.2, 0.25) is 0 Å². The highest BCUT2D eigenvalue weighted by Gasteiger charge is 2.28. The van der Waals surface area contributed by atoms with E-state index < -0.39 is 0 Å². The molecule has 1 aliphatic rings. The Morgan fingerprint density at radius 3 is 2.90 bits per heavy atom. The summed E-state index contributed by atoms with van der Waals surface area (Å²) in [5.41, 5.74) is 3.77. The summed E-state index contributed by atoms with van der Waals surface area (Å²) in [6, 6.07) is 0. The third-order valence-electron chi connectivity index (χ3n) is 3.49. The first-order chi connectivity index (χ1) is 9.54. The van der Waals surface area contributed by atoms with Gasteiger partial charge in [-0.2, -0.15) is 10.2 Å². The summed E-state index contributed by atoms with van der Waals surface area (Å²) in [7, 11) is 5.39. The van der Waals surface area contributed by atoms with Crippen LogP contribution in [0.25, 0.3) is 0 Å². The summed E-state index contributed by atoms with van der Waals surface area (Å²) in [6.07, 6.45) is 3.88. The molecule has 0 aromatic carbocycles. The SMILES string of the molecule is CN(C)C(=O)c1n[nH]c2c1CN(Cc1cnn(C)c1)C2. The van der Waals surface area contributed by atoms with Gasteiger partial charge in [-0.3, -0.25) is 19.5 Å². The van der Waals surface area contributed by atoms with Gasteiger partial charge in [0.1, 0.15) is 0 Å². The topological polar surface area (TPSA) is 70.1 Å². The second kappa shape index (κ2) is 4.75. The molecule has 0 unspecified atom stereocenters. The molecule has 2 aromatic heterocycles. The van der Waals surface area contributed by atoms with Gasteiger partial charge in [0.05, 0.1) is 11.9 Å². The standard InChI is InChI=1S/C13H18N6O/c1-17(2)13(20)12-10-7-19(8-11(10)15-16-12)6-9-4-14-18(3)5-9/h4-5H,6-8H2,1-3H3,(H,15,16). The molecule has 7 heteroatoms. The average molecular weight is 274 g/mol. The molecule has 0 aliphatic carbocycles. The van der Waals surface area contributed by atoms with Gasteiger partial charge in [0.15, 0.2) is 5.69 Å². The van der Waals surface area contributed by atoms with Crippen LogP contribution in [0.15, 0.2) is 12.4 Å². The molecule has 1 aliphatic heterocycles. The summed E-state index contributed by atoms with van der Waals surface area (Å²) in [4.78, 5) is 15.9. The number of carbonyl (C=O) groups excluding carboxylic acids is 1. The summed E-state index contributed by atoms with van der Waals surface area (Å²) < 4.78 is 1.80. The zero-order chi connectivity index (χ0) is 14.3.